The van der Waals surface area contributed by atoms with Gasteiger partial charge in [-0.2, -0.15) is 5.10 Å². The average molecular weight is 273 g/mol. The van der Waals surface area contributed by atoms with Crippen molar-refractivity contribution in [1.29, 1.82) is 0 Å². The van der Waals surface area contributed by atoms with E-state index in [0.717, 1.165) is 11.4 Å². The van der Waals surface area contributed by atoms with Gasteiger partial charge in [0.2, 0.25) is 5.95 Å². The number of nitrogen functional groups attached to an aromatic ring is 1. The maximum absolute atomic E-state index is 11.7. The third-order valence-corrected chi connectivity index (χ3v) is 2.59. The molecular formula is C13H15N5O2. The van der Waals surface area contributed by atoms with Gasteiger partial charge in [0, 0.05) is 5.69 Å². The first-order chi connectivity index (χ1) is 9.54. The van der Waals surface area contributed by atoms with Crippen LogP contribution in [0.5, 0.6) is 5.75 Å². The van der Waals surface area contributed by atoms with E-state index in [2.05, 4.69) is 20.5 Å². The van der Waals surface area contributed by atoms with E-state index in [4.69, 9.17) is 10.5 Å². The van der Waals surface area contributed by atoms with Gasteiger partial charge < -0.3 is 10.5 Å². The molecule has 0 unspecified atom stereocenters. The molecule has 1 amide bonds. The molecule has 0 bridgehead atoms. The summed E-state index contributed by atoms with van der Waals surface area (Å²) in [7, 11) is 0. The predicted molar refractivity (Wildman–Crippen MR) is 74.3 cm³/mol. The fraction of sp³-hybridized carbons (Fsp3) is 0.231. The van der Waals surface area contributed by atoms with E-state index in [0.29, 0.717) is 11.4 Å². The second kappa shape index (κ2) is 5.96. The summed E-state index contributed by atoms with van der Waals surface area (Å²) in [6.45, 7) is 3.45. The van der Waals surface area contributed by atoms with Crippen LogP contribution < -0.4 is 15.8 Å². The van der Waals surface area contributed by atoms with Crippen molar-refractivity contribution in [1.82, 2.24) is 15.2 Å². The minimum absolute atomic E-state index is 0.139. The lowest BCUT2D eigenvalue weighted by atomic mass is 10.3. The molecule has 2 aromatic rings. The van der Waals surface area contributed by atoms with Crippen LogP contribution in [0.25, 0.3) is 0 Å². The van der Waals surface area contributed by atoms with Crippen molar-refractivity contribution in [3.05, 3.63) is 35.7 Å². The Morgan fingerprint density at radius 2 is 1.90 bits per heavy atom. The minimum atomic E-state index is -0.355. The zero-order valence-corrected chi connectivity index (χ0v) is 11.3. The van der Waals surface area contributed by atoms with Crippen LogP contribution in [0.1, 0.15) is 11.4 Å². The molecular weight excluding hydrogens is 258 g/mol. The van der Waals surface area contributed by atoms with E-state index in [1.165, 1.54) is 0 Å². The van der Waals surface area contributed by atoms with Crippen LogP contribution in [0.15, 0.2) is 24.3 Å². The van der Waals surface area contributed by atoms with Gasteiger partial charge in [0.1, 0.15) is 5.75 Å². The molecule has 7 nitrogen and oxygen atoms in total. The van der Waals surface area contributed by atoms with Gasteiger partial charge in [-0.3, -0.25) is 10.1 Å². The topological polar surface area (TPSA) is 103 Å². The van der Waals surface area contributed by atoms with Crippen LogP contribution in [0.2, 0.25) is 0 Å². The number of amides is 1. The Morgan fingerprint density at radius 3 is 2.55 bits per heavy atom. The summed E-state index contributed by atoms with van der Waals surface area (Å²) in [6.07, 6.45) is 0. The van der Waals surface area contributed by atoms with E-state index in [9.17, 15) is 4.79 Å². The molecule has 1 aromatic heterocycles. The molecule has 0 spiro atoms. The number of rotatable bonds is 4. The van der Waals surface area contributed by atoms with Crippen molar-refractivity contribution in [2.75, 3.05) is 17.7 Å². The number of aryl methyl sites for hydroxylation is 2. The number of ether oxygens (including phenoxy) is 1. The van der Waals surface area contributed by atoms with Gasteiger partial charge in [0.05, 0.1) is 11.4 Å². The zero-order valence-electron chi connectivity index (χ0n) is 11.3. The largest absolute Gasteiger partial charge is 0.484 e. The average Bonchev–Trinajstić information content (AvgIpc) is 2.42. The molecule has 2 rings (SSSR count). The Morgan fingerprint density at radius 1 is 1.20 bits per heavy atom. The molecule has 0 saturated heterocycles. The van der Waals surface area contributed by atoms with E-state index >= 15 is 0 Å². The Bertz CT molecular complexity index is 613. The molecule has 20 heavy (non-hydrogen) atoms. The molecule has 3 N–H and O–H groups in total. The standard InChI is InChI=1S/C13H15N5O2/c1-8-9(2)17-18-13(15-8)16-12(19)7-20-11-5-3-10(14)4-6-11/h3-6H,7,14H2,1-2H3,(H,15,16,18,19). The SMILES string of the molecule is Cc1nnc(NC(=O)COc2ccc(N)cc2)nc1C. The van der Waals surface area contributed by atoms with Crippen molar-refractivity contribution in [2.45, 2.75) is 13.8 Å². The molecule has 104 valence electrons. The van der Waals surface area contributed by atoms with Crippen LogP contribution in [0.3, 0.4) is 0 Å². The van der Waals surface area contributed by atoms with Gasteiger partial charge in [-0.05, 0) is 38.1 Å². The predicted octanol–water partition coefficient (Wildman–Crippen LogP) is 1.09. The highest BCUT2D eigenvalue weighted by molar-refractivity contribution is 5.90. The first kappa shape index (κ1) is 13.7. The van der Waals surface area contributed by atoms with Crippen molar-refractivity contribution >= 4 is 17.5 Å². The highest BCUT2D eigenvalue weighted by atomic mass is 16.5. The van der Waals surface area contributed by atoms with Crippen molar-refractivity contribution in [3.63, 3.8) is 0 Å². The number of nitrogens with one attached hydrogen (secondary N) is 1. The third kappa shape index (κ3) is 3.64. The minimum Gasteiger partial charge on any atom is -0.484 e. The lowest BCUT2D eigenvalue weighted by Gasteiger charge is -2.07. The molecule has 0 aliphatic rings. The van der Waals surface area contributed by atoms with Crippen LogP contribution in [-0.2, 0) is 4.79 Å². The first-order valence-electron chi connectivity index (χ1n) is 6.00. The number of carbonyl (C=O) groups is 1. The number of carbonyl (C=O) groups excluding carboxylic acids is 1. The van der Waals surface area contributed by atoms with Gasteiger partial charge in [-0.25, -0.2) is 4.98 Å². The lowest BCUT2D eigenvalue weighted by molar-refractivity contribution is -0.118. The molecule has 0 radical (unpaired) electrons. The molecule has 0 atom stereocenters. The summed E-state index contributed by atoms with van der Waals surface area (Å²) in [6, 6.07) is 6.78. The van der Waals surface area contributed by atoms with Gasteiger partial charge >= 0.3 is 0 Å². The monoisotopic (exact) mass is 273 g/mol. The molecule has 7 heteroatoms. The molecule has 0 fully saturated rings. The van der Waals surface area contributed by atoms with E-state index in [-0.39, 0.29) is 18.5 Å². The van der Waals surface area contributed by atoms with Crippen LogP contribution in [0.4, 0.5) is 11.6 Å². The molecule has 0 aliphatic heterocycles. The number of nitrogens with zero attached hydrogens (tertiary/aromatic N) is 3. The lowest BCUT2D eigenvalue weighted by Crippen LogP contribution is -2.22. The maximum Gasteiger partial charge on any atom is 0.264 e. The van der Waals surface area contributed by atoms with Gasteiger partial charge in [-0.1, -0.05) is 0 Å². The number of hydrogen-bond acceptors (Lipinski definition) is 6. The highest BCUT2D eigenvalue weighted by Crippen LogP contribution is 2.12. The van der Waals surface area contributed by atoms with Crippen molar-refractivity contribution in [3.8, 4) is 5.75 Å². The number of nitrogens with two attached hydrogens (primary N) is 1. The normalized spacial score (nSPS) is 10.1. The summed E-state index contributed by atoms with van der Waals surface area (Å²) < 4.78 is 5.31. The fourth-order valence-corrected chi connectivity index (χ4v) is 1.38. The molecule has 1 aromatic carbocycles. The second-order valence-corrected chi connectivity index (χ2v) is 4.21. The fourth-order valence-electron chi connectivity index (χ4n) is 1.38. The van der Waals surface area contributed by atoms with Gasteiger partial charge in [0.15, 0.2) is 6.61 Å². The number of aromatic nitrogens is 3. The van der Waals surface area contributed by atoms with E-state index in [1.54, 1.807) is 38.1 Å². The smallest absolute Gasteiger partial charge is 0.264 e. The Labute approximate surface area is 116 Å². The quantitative estimate of drug-likeness (QED) is 0.808. The van der Waals surface area contributed by atoms with Crippen LogP contribution >= 0.6 is 0 Å². The van der Waals surface area contributed by atoms with Crippen LogP contribution in [0, 0.1) is 13.8 Å². The highest BCUT2D eigenvalue weighted by Gasteiger charge is 2.07. The molecule has 0 aliphatic carbocycles. The first-order valence-corrected chi connectivity index (χ1v) is 6.00. The van der Waals surface area contributed by atoms with Crippen molar-refractivity contribution < 1.29 is 9.53 Å². The molecule has 1 heterocycles. The summed E-state index contributed by atoms with van der Waals surface area (Å²) in [4.78, 5) is 15.8. The van der Waals surface area contributed by atoms with Gasteiger partial charge in [0.25, 0.3) is 5.91 Å². The van der Waals surface area contributed by atoms with Gasteiger partial charge in [-0.15, -0.1) is 5.10 Å². The van der Waals surface area contributed by atoms with E-state index in [1.807, 2.05) is 0 Å². The summed E-state index contributed by atoms with van der Waals surface area (Å²) in [5.74, 6) is 0.374. The summed E-state index contributed by atoms with van der Waals surface area (Å²) in [5.41, 5.74) is 7.63. The summed E-state index contributed by atoms with van der Waals surface area (Å²) in [5, 5.41) is 10.2. The number of anilines is 2. The maximum atomic E-state index is 11.7. The van der Waals surface area contributed by atoms with Crippen LogP contribution in [-0.4, -0.2) is 27.7 Å². The third-order valence-electron chi connectivity index (χ3n) is 2.59. The summed E-state index contributed by atoms with van der Waals surface area (Å²) >= 11 is 0. The molecule has 0 saturated carbocycles. The van der Waals surface area contributed by atoms with Crippen molar-refractivity contribution in [2.24, 2.45) is 0 Å². The Hall–Kier alpha value is -2.70. The Balaban J connectivity index is 1.89. The number of benzene rings is 1. The van der Waals surface area contributed by atoms with E-state index < -0.39 is 0 Å². The second-order valence-electron chi connectivity index (χ2n) is 4.21. The Kier molecular flexibility index (Phi) is 4.09. The number of hydrogen-bond donors (Lipinski definition) is 2. The zero-order chi connectivity index (χ0) is 14.5.